The Morgan fingerprint density at radius 1 is 1.45 bits per heavy atom. The number of rotatable bonds is 5. The van der Waals surface area contributed by atoms with Gasteiger partial charge in [0.1, 0.15) is 10.5 Å². The number of nitrogens with zero attached hydrogens (tertiary/aromatic N) is 2. The molecule has 8 heteroatoms. The Labute approximate surface area is 129 Å². The Morgan fingerprint density at radius 3 is 3.00 bits per heavy atom. The summed E-state index contributed by atoms with van der Waals surface area (Å²) in [6.07, 6.45) is 3.64. The fraction of sp³-hybridized carbons (Fsp3) is 0.500. The summed E-state index contributed by atoms with van der Waals surface area (Å²) < 4.78 is 38.0. The van der Waals surface area contributed by atoms with Crippen molar-refractivity contribution in [3.63, 3.8) is 0 Å². The zero-order valence-corrected chi connectivity index (χ0v) is 13.3. The van der Waals surface area contributed by atoms with Gasteiger partial charge in [-0.15, -0.1) is 0 Å². The second-order valence-corrected chi connectivity index (χ2v) is 7.19. The van der Waals surface area contributed by atoms with Gasteiger partial charge in [-0.05, 0) is 18.6 Å². The maximum atomic E-state index is 13.0. The summed E-state index contributed by atoms with van der Waals surface area (Å²) in [6, 6.07) is 3.26. The second kappa shape index (κ2) is 5.96. The molecule has 3 rings (SSSR count). The molecule has 0 saturated carbocycles. The summed E-state index contributed by atoms with van der Waals surface area (Å²) in [7, 11) is -0.467. The third kappa shape index (κ3) is 2.52. The average molecular weight is 325 g/mol. The molecule has 3 heterocycles. The van der Waals surface area contributed by atoms with Crippen LogP contribution in [0.2, 0.25) is 0 Å². The number of hydrogen-bond donors (Lipinski definition) is 1. The predicted octanol–water partition coefficient (Wildman–Crippen LogP) is 0.987. The molecule has 120 valence electrons. The normalized spacial score (nSPS) is 23.4. The Bertz CT molecular complexity index is 758. The fourth-order valence-electron chi connectivity index (χ4n) is 2.92. The molecular formula is C14H19N3O4S. The van der Waals surface area contributed by atoms with Gasteiger partial charge in [-0.1, -0.05) is 0 Å². The molecule has 2 aromatic rings. The number of nitrogens with one attached hydrogen (secondary N) is 1. The highest BCUT2D eigenvalue weighted by Crippen LogP contribution is 2.31. The number of sulfonamides is 1. The van der Waals surface area contributed by atoms with Crippen molar-refractivity contribution in [1.29, 1.82) is 0 Å². The smallest absolute Gasteiger partial charge is 0.245 e. The van der Waals surface area contributed by atoms with Crippen LogP contribution >= 0.6 is 0 Å². The highest BCUT2D eigenvalue weighted by Gasteiger charge is 2.41. The van der Waals surface area contributed by atoms with Crippen molar-refractivity contribution in [3.8, 4) is 0 Å². The minimum Gasteiger partial charge on any atom is -0.383 e. The van der Waals surface area contributed by atoms with E-state index in [1.54, 1.807) is 32.5 Å². The van der Waals surface area contributed by atoms with Crippen molar-refractivity contribution in [2.45, 2.75) is 23.5 Å². The van der Waals surface area contributed by atoms with Gasteiger partial charge >= 0.3 is 0 Å². The van der Waals surface area contributed by atoms with Crippen molar-refractivity contribution < 1.29 is 17.9 Å². The minimum atomic E-state index is -3.63. The van der Waals surface area contributed by atoms with Gasteiger partial charge in [-0.3, -0.25) is 0 Å². The van der Waals surface area contributed by atoms with E-state index in [0.717, 1.165) is 0 Å². The first-order valence-corrected chi connectivity index (χ1v) is 8.47. The van der Waals surface area contributed by atoms with E-state index in [9.17, 15) is 8.42 Å². The summed E-state index contributed by atoms with van der Waals surface area (Å²) in [5.74, 6) is 0. The molecule has 0 spiro atoms. The van der Waals surface area contributed by atoms with E-state index >= 15 is 0 Å². The van der Waals surface area contributed by atoms with E-state index in [4.69, 9.17) is 9.47 Å². The number of H-pyrrole nitrogens is 1. The highest BCUT2D eigenvalue weighted by molar-refractivity contribution is 7.89. The van der Waals surface area contributed by atoms with Crippen LogP contribution in [0.15, 0.2) is 29.4 Å². The molecule has 0 bridgehead atoms. The van der Waals surface area contributed by atoms with E-state index in [2.05, 4.69) is 9.97 Å². The first kappa shape index (κ1) is 15.4. The van der Waals surface area contributed by atoms with Crippen molar-refractivity contribution in [2.75, 3.05) is 27.4 Å². The zero-order valence-electron chi connectivity index (χ0n) is 12.5. The summed E-state index contributed by atoms with van der Waals surface area (Å²) in [5.41, 5.74) is 0.562. The van der Waals surface area contributed by atoms with Gasteiger partial charge in [0, 0.05) is 38.5 Å². The molecule has 0 aromatic carbocycles. The van der Waals surface area contributed by atoms with Crippen LogP contribution in [0.1, 0.15) is 6.42 Å². The summed E-state index contributed by atoms with van der Waals surface area (Å²) >= 11 is 0. The molecule has 1 fully saturated rings. The fourth-order valence-corrected chi connectivity index (χ4v) is 4.73. The van der Waals surface area contributed by atoms with Crippen molar-refractivity contribution in [1.82, 2.24) is 14.3 Å². The van der Waals surface area contributed by atoms with Gasteiger partial charge in [0.25, 0.3) is 0 Å². The minimum absolute atomic E-state index is 0.113. The van der Waals surface area contributed by atoms with Crippen LogP contribution in [0.5, 0.6) is 0 Å². The lowest BCUT2D eigenvalue weighted by Gasteiger charge is -2.22. The third-order valence-corrected chi connectivity index (χ3v) is 5.98. The monoisotopic (exact) mass is 325 g/mol. The Hall–Kier alpha value is -1.48. The maximum absolute atomic E-state index is 13.0. The molecule has 1 saturated heterocycles. The van der Waals surface area contributed by atoms with Crippen LogP contribution in [-0.4, -0.2) is 62.2 Å². The Morgan fingerprint density at radius 2 is 2.27 bits per heavy atom. The number of aromatic nitrogens is 2. The Kier molecular flexibility index (Phi) is 4.18. The van der Waals surface area contributed by atoms with Gasteiger partial charge in [0.2, 0.25) is 10.0 Å². The molecule has 2 atom stereocenters. The van der Waals surface area contributed by atoms with Crippen LogP contribution in [0.4, 0.5) is 0 Å². The lowest BCUT2D eigenvalue weighted by molar-refractivity contribution is 0.110. The van der Waals surface area contributed by atoms with Crippen LogP contribution in [0.25, 0.3) is 11.0 Å². The van der Waals surface area contributed by atoms with Crippen LogP contribution < -0.4 is 0 Å². The number of methoxy groups -OCH3 is 2. The number of pyridine rings is 1. The van der Waals surface area contributed by atoms with Gasteiger partial charge in [-0.2, -0.15) is 4.31 Å². The Balaban J connectivity index is 2.01. The highest BCUT2D eigenvalue weighted by atomic mass is 32.2. The van der Waals surface area contributed by atoms with Crippen LogP contribution in [0, 0.1) is 0 Å². The molecule has 22 heavy (non-hydrogen) atoms. The lowest BCUT2D eigenvalue weighted by Crippen LogP contribution is -2.38. The van der Waals surface area contributed by atoms with E-state index in [1.165, 1.54) is 10.5 Å². The molecule has 1 N–H and O–H groups in total. The van der Waals surface area contributed by atoms with Crippen molar-refractivity contribution in [3.05, 3.63) is 24.5 Å². The molecule has 2 aromatic heterocycles. The number of hydrogen-bond acceptors (Lipinski definition) is 5. The first-order chi connectivity index (χ1) is 10.6. The van der Waals surface area contributed by atoms with E-state index in [1.807, 2.05) is 0 Å². The molecule has 0 amide bonds. The SMILES string of the molecule is COC[C@@H]1C[C@H](OC)CN1S(=O)(=O)c1c[nH]c2ncccc12. The molecule has 1 aliphatic rings. The van der Waals surface area contributed by atoms with Crippen LogP contribution in [0.3, 0.4) is 0 Å². The summed E-state index contributed by atoms with van der Waals surface area (Å²) in [4.78, 5) is 7.29. The molecule has 0 aliphatic carbocycles. The molecule has 7 nitrogen and oxygen atoms in total. The predicted molar refractivity (Wildman–Crippen MR) is 81.1 cm³/mol. The lowest BCUT2D eigenvalue weighted by atomic mass is 10.2. The second-order valence-electron chi connectivity index (χ2n) is 5.33. The zero-order chi connectivity index (χ0) is 15.7. The molecule has 0 unspecified atom stereocenters. The van der Waals surface area contributed by atoms with E-state index < -0.39 is 10.0 Å². The topological polar surface area (TPSA) is 84.5 Å². The van der Waals surface area contributed by atoms with E-state index in [-0.39, 0.29) is 17.0 Å². The number of fused-ring (bicyclic) bond motifs is 1. The van der Waals surface area contributed by atoms with Crippen molar-refractivity contribution >= 4 is 21.1 Å². The molecule has 0 radical (unpaired) electrons. The van der Waals surface area contributed by atoms with E-state index in [0.29, 0.717) is 30.6 Å². The molecular weight excluding hydrogens is 306 g/mol. The van der Waals surface area contributed by atoms with Gasteiger partial charge in [0.05, 0.1) is 18.8 Å². The van der Waals surface area contributed by atoms with Gasteiger partial charge in [0.15, 0.2) is 0 Å². The van der Waals surface area contributed by atoms with Crippen LogP contribution in [-0.2, 0) is 19.5 Å². The number of ether oxygens (including phenoxy) is 2. The van der Waals surface area contributed by atoms with Crippen molar-refractivity contribution in [2.24, 2.45) is 0 Å². The first-order valence-electron chi connectivity index (χ1n) is 7.03. The largest absolute Gasteiger partial charge is 0.383 e. The third-order valence-electron chi connectivity index (χ3n) is 4.02. The van der Waals surface area contributed by atoms with Gasteiger partial charge in [-0.25, -0.2) is 13.4 Å². The maximum Gasteiger partial charge on any atom is 0.245 e. The summed E-state index contributed by atoms with van der Waals surface area (Å²) in [6.45, 7) is 0.680. The molecule has 1 aliphatic heterocycles. The quantitative estimate of drug-likeness (QED) is 0.886. The average Bonchev–Trinajstić information content (AvgIpc) is 3.11. The number of aromatic amines is 1. The van der Waals surface area contributed by atoms with Gasteiger partial charge < -0.3 is 14.5 Å². The summed E-state index contributed by atoms with van der Waals surface area (Å²) in [5, 5.41) is 0.597. The standard InChI is InChI=1S/C14H19N3O4S/c1-20-9-10-6-11(21-2)8-17(10)22(18,19)13-7-16-14-12(13)4-3-5-15-14/h3-5,7,10-11H,6,8-9H2,1-2H3,(H,15,16)/t10-,11-/m0/s1.